The van der Waals surface area contributed by atoms with E-state index in [-0.39, 0.29) is 5.91 Å². The van der Waals surface area contributed by atoms with Crippen molar-refractivity contribution in [2.75, 3.05) is 0 Å². The van der Waals surface area contributed by atoms with Gasteiger partial charge in [-0.3, -0.25) is 4.79 Å². The van der Waals surface area contributed by atoms with Crippen LogP contribution in [-0.2, 0) is 6.54 Å². The van der Waals surface area contributed by atoms with E-state index in [9.17, 15) is 4.79 Å². The number of hydrogen-bond donors (Lipinski definition) is 1. The van der Waals surface area contributed by atoms with Gasteiger partial charge in [-0.05, 0) is 35.4 Å². The third-order valence-corrected chi connectivity index (χ3v) is 4.48. The number of amides is 1. The van der Waals surface area contributed by atoms with Gasteiger partial charge in [0.2, 0.25) is 5.82 Å². The molecule has 0 fully saturated rings. The lowest BCUT2D eigenvalue weighted by Crippen LogP contribution is -2.17. The second kappa shape index (κ2) is 8.91. The van der Waals surface area contributed by atoms with Crippen molar-refractivity contribution in [3.05, 3.63) is 101 Å². The van der Waals surface area contributed by atoms with Gasteiger partial charge >= 0.3 is 0 Å². The molecule has 1 heterocycles. The van der Waals surface area contributed by atoms with Crippen LogP contribution in [0.15, 0.2) is 84.0 Å². The quantitative estimate of drug-likeness (QED) is 0.400. The number of aromatic nitrogens is 4. The van der Waals surface area contributed by atoms with Crippen LogP contribution in [0.5, 0.6) is 0 Å². The maximum Gasteiger partial charge on any atom is 0.271 e. The number of nitrogens with one attached hydrogen (secondary N) is 1. The third kappa shape index (κ3) is 4.82. The van der Waals surface area contributed by atoms with E-state index in [0.717, 1.165) is 16.7 Å². The molecule has 1 amide bonds. The maximum absolute atomic E-state index is 12.3. The molecule has 4 aromatic rings. The van der Waals surface area contributed by atoms with E-state index in [1.807, 2.05) is 73.7 Å². The molecule has 7 nitrogen and oxygen atoms in total. The monoisotopic (exact) mass is 396 g/mol. The molecule has 0 aliphatic heterocycles. The topological polar surface area (TPSA) is 85.1 Å². The number of carbonyl (C=O) groups excluding carboxylic acids is 1. The van der Waals surface area contributed by atoms with Crippen LogP contribution in [0, 0.1) is 6.92 Å². The Morgan fingerprint density at radius 2 is 1.73 bits per heavy atom. The van der Waals surface area contributed by atoms with Crippen LogP contribution < -0.4 is 5.43 Å². The van der Waals surface area contributed by atoms with Gasteiger partial charge in [0.15, 0.2) is 0 Å². The Morgan fingerprint density at radius 3 is 2.47 bits per heavy atom. The lowest BCUT2D eigenvalue weighted by molar-refractivity contribution is 0.0955. The number of tetrazole rings is 1. The number of aryl methyl sites for hydroxylation is 1. The minimum absolute atomic E-state index is 0.268. The Hall–Kier alpha value is -4.13. The molecule has 148 valence electrons. The molecule has 1 aromatic heterocycles. The zero-order chi connectivity index (χ0) is 20.8. The van der Waals surface area contributed by atoms with Crippen LogP contribution in [0.2, 0.25) is 0 Å². The first-order valence-electron chi connectivity index (χ1n) is 9.50. The van der Waals surface area contributed by atoms with Gasteiger partial charge in [-0.2, -0.15) is 9.90 Å². The number of hydrogen-bond acceptors (Lipinski definition) is 5. The van der Waals surface area contributed by atoms with Crippen molar-refractivity contribution in [2.45, 2.75) is 13.5 Å². The number of nitrogens with zero attached hydrogens (tertiary/aromatic N) is 5. The smallest absolute Gasteiger partial charge is 0.267 e. The van der Waals surface area contributed by atoms with E-state index >= 15 is 0 Å². The highest BCUT2D eigenvalue weighted by Crippen LogP contribution is 2.12. The van der Waals surface area contributed by atoms with Crippen molar-refractivity contribution in [2.24, 2.45) is 5.10 Å². The van der Waals surface area contributed by atoms with Gasteiger partial charge in [0.05, 0.1) is 12.8 Å². The lowest BCUT2D eigenvalue weighted by Gasteiger charge is -2.03. The summed E-state index contributed by atoms with van der Waals surface area (Å²) in [6.45, 7) is 2.49. The van der Waals surface area contributed by atoms with Crippen LogP contribution in [0.3, 0.4) is 0 Å². The predicted octanol–water partition coefficient (Wildman–Crippen LogP) is 3.46. The summed E-state index contributed by atoms with van der Waals surface area (Å²) in [6.07, 6.45) is 1.62. The van der Waals surface area contributed by atoms with E-state index in [1.165, 1.54) is 10.4 Å². The highest BCUT2D eigenvalue weighted by atomic mass is 16.2. The molecule has 30 heavy (non-hydrogen) atoms. The van der Waals surface area contributed by atoms with Crippen molar-refractivity contribution < 1.29 is 4.79 Å². The van der Waals surface area contributed by atoms with Gasteiger partial charge in [-0.25, -0.2) is 5.43 Å². The summed E-state index contributed by atoms with van der Waals surface area (Å²) in [5.74, 6) is 0.313. The fraction of sp³-hybridized carbons (Fsp3) is 0.0870. The molecule has 0 saturated heterocycles. The van der Waals surface area contributed by atoms with Crippen LogP contribution >= 0.6 is 0 Å². The van der Waals surface area contributed by atoms with E-state index < -0.39 is 0 Å². The van der Waals surface area contributed by atoms with Crippen molar-refractivity contribution in [1.82, 2.24) is 25.6 Å². The van der Waals surface area contributed by atoms with Crippen LogP contribution in [0.1, 0.15) is 27.0 Å². The van der Waals surface area contributed by atoms with Crippen molar-refractivity contribution >= 4 is 12.1 Å². The minimum Gasteiger partial charge on any atom is -0.267 e. The van der Waals surface area contributed by atoms with Gasteiger partial charge in [-0.1, -0.05) is 72.3 Å². The van der Waals surface area contributed by atoms with E-state index in [4.69, 9.17) is 0 Å². The molecule has 0 radical (unpaired) electrons. The molecule has 0 atom stereocenters. The number of benzene rings is 3. The SMILES string of the molecule is Cc1ccc(/C=N/NC(=O)c2ccc(Cn3nnc(-c4ccccc4)n3)cc2)cc1. The molecular formula is C23H20N6O. The maximum atomic E-state index is 12.3. The highest BCUT2D eigenvalue weighted by molar-refractivity contribution is 5.94. The summed E-state index contributed by atoms with van der Waals surface area (Å²) in [5.41, 5.74) is 7.05. The summed E-state index contributed by atoms with van der Waals surface area (Å²) in [7, 11) is 0. The molecular weight excluding hydrogens is 376 g/mol. The molecule has 3 aromatic carbocycles. The van der Waals surface area contributed by atoms with Gasteiger partial charge in [0.1, 0.15) is 0 Å². The first kappa shape index (κ1) is 19.2. The molecule has 0 spiro atoms. The molecule has 0 bridgehead atoms. The summed E-state index contributed by atoms with van der Waals surface area (Å²) in [4.78, 5) is 13.8. The number of rotatable bonds is 6. The average Bonchev–Trinajstić information content (AvgIpc) is 3.25. The second-order valence-electron chi connectivity index (χ2n) is 6.82. The van der Waals surface area contributed by atoms with Crippen molar-refractivity contribution in [3.8, 4) is 11.4 Å². The Labute approximate surface area is 174 Å². The first-order chi connectivity index (χ1) is 14.7. The third-order valence-electron chi connectivity index (χ3n) is 4.48. The summed E-state index contributed by atoms with van der Waals surface area (Å²) in [5, 5.41) is 16.6. The normalized spacial score (nSPS) is 11.0. The Balaban J connectivity index is 1.35. The largest absolute Gasteiger partial charge is 0.271 e. The van der Waals surface area contributed by atoms with Crippen LogP contribution in [-0.4, -0.2) is 32.3 Å². The summed E-state index contributed by atoms with van der Waals surface area (Å²) in [6, 6.07) is 24.8. The molecule has 0 unspecified atom stereocenters. The lowest BCUT2D eigenvalue weighted by atomic mass is 10.1. The average molecular weight is 396 g/mol. The van der Waals surface area contributed by atoms with Gasteiger partial charge in [-0.15, -0.1) is 10.2 Å². The Morgan fingerprint density at radius 1 is 1.00 bits per heavy atom. The Kier molecular flexibility index (Phi) is 5.70. The predicted molar refractivity (Wildman–Crippen MR) is 115 cm³/mol. The van der Waals surface area contributed by atoms with Crippen molar-refractivity contribution in [3.63, 3.8) is 0 Å². The second-order valence-corrected chi connectivity index (χ2v) is 6.82. The molecule has 0 saturated carbocycles. The van der Waals surface area contributed by atoms with Crippen LogP contribution in [0.4, 0.5) is 0 Å². The fourth-order valence-corrected chi connectivity index (χ4v) is 2.82. The number of hydrazone groups is 1. The Bertz CT molecular complexity index is 1150. The zero-order valence-electron chi connectivity index (χ0n) is 16.4. The van der Waals surface area contributed by atoms with E-state index in [1.54, 1.807) is 18.3 Å². The van der Waals surface area contributed by atoms with Crippen molar-refractivity contribution in [1.29, 1.82) is 0 Å². The van der Waals surface area contributed by atoms with Crippen LogP contribution in [0.25, 0.3) is 11.4 Å². The zero-order valence-corrected chi connectivity index (χ0v) is 16.4. The molecule has 0 aliphatic carbocycles. The molecule has 1 N–H and O–H groups in total. The summed E-state index contributed by atoms with van der Waals surface area (Å²) >= 11 is 0. The van der Waals surface area contributed by atoms with E-state index in [0.29, 0.717) is 17.9 Å². The fourth-order valence-electron chi connectivity index (χ4n) is 2.82. The van der Waals surface area contributed by atoms with Gasteiger partial charge in [0.25, 0.3) is 5.91 Å². The highest BCUT2D eigenvalue weighted by Gasteiger charge is 2.07. The number of carbonyl (C=O) groups is 1. The molecule has 4 rings (SSSR count). The van der Waals surface area contributed by atoms with Gasteiger partial charge < -0.3 is 0 Å². The first-order valence-corrected chi connectivity index (χ1v) is 9.50. The molecule has 7 heteroatoms. The molecule has 0 aliphatic rings. The van der Waals surface area contributed by atoms with E-state index in [2.05, 4.69) is 25.9 Å². The van der Waals surface area contributed by atoms with Gasteiger partial charge in [0, 0.05) is 11.1 Å². The standard InChI is InChI=1S/C23H20N6O/c1-17-7-9-18(10-8-17)15-24-26-23(30)21-13-11-19(12-14-21)16-29-27-22(25-28-29)20-5-3-2-4-6-20/h2-15H,16H2,1H3,(H,26,30)/b24-15+. The summed E-state index contributed by atoms with van der Waals surface area (Å²) < 4.78 is 0. The minimum atomic E-state index is -0.268.